The van der Waals surface area contributed by atoms with Gasteiger partial charge >= 0.3 is 0 Å². The van der Waals surface area contributed by atoms with Gasteiger partial charge in [-0.3, -0.25) is 4.79 Å². The highest BCUT2D eigenvalue weighted by atomic mass is 28.4. The van der Waals surface area contributed by atoms with Crippen molar-refractivity contribution in [2.45, 2.75) is 124 Å². The molecule has 0 heterocycles. The fourth-order valence-electron chi connectivity index (χ4n) is 6.56. The Morgan fingerprint density at radius 3 is 2.41 bits per heavy atom. The van der Waals surface area contributed by atoms with E-state index in [-0.39, 0.29) is 11.0 Å². The Balaban J connectivity index is 1.88. The van der Waals surface area contributed by atoms with Crippen molar-refractivity contribution in [1.29, 1.82) is 0 Å². The molecule has 2 aliphatic rings. The van der Waals surface area contributed by atoms with Crippen molar-refractivity contribution in [2.75, 3.05) is 0 Å². The predicted molar refractivity (Wildman–Crippen MR) is 119 cm³/mol. The van der Waals surface area contributed by atoms with Gasteiger partial charge in [0.2, 0.25) is 0 Å². The van der Waals surface area contributed by atoms with Crippen molar-refractivity contribution in [1.82, 2.24) is 0 Å². The lowest BCUT2D eigenvalue weighted by Crippen LogP contribution is -2.44. The number of carbonyl (C=O) groups is 1. The first-order chi connectivity index (χ1) is 12.6. The van der Waals surface area contributed by atoms with Gasteiger partial charge in [0.25, 0.3) is 0 Å². The van der Waals surface area contributed by atoms with E-state index < -0.39 is 8.32 Å². The lowest BCUT2D eigenvalue weighted by atomic mass is 9.62. The summed E-state index contributed by atoms with van der Waals surface area (Å²) in [6.07, 6.45) is 9.34. The van der Waals surface area contributed by atoms with Gasteiger partial charge in [0.1, 0.15) is 5.78 Å². The molecule has 4 atom stereocenters. The molecule has 0 N–H and O–H groups in total. The van der Waals surface area contributed by atoms with E-state index in [1.165, 1.54) is 43.8 Å². The van der Waals surface area contributed by atoms with Gasteiger partial charge in [-0.15, -0.1) is 0 Å². The molecular weight excluding hydrogens is 348 g/mol. The second-order valence-corrected chi connectivity index (χ2v) is 15.2. The van der Waals surface area contributed by atoms with Crippen LogP contribution in [-0.4, -0.2) is 19.7 Å². The molecule has 0 aromatic heterocycles. The zero-order valence-electron chi connectivity index (χ0n) is 19.3. The van der Waals surface area contributed by atoms with Crippen LogP contribution in [0.15, 0.2) is 0 Å². The third-order valence-electron chi connectivity index (χ3n) is 8.49. The lowest BCUT2D eigenvalue weighted by Gasteiger charge is -2.42. The first kappa shape index (κ1) is 23.1. The molecule has 0 aromatic rings. The van der Waals surface area contributed by atoms with Crippen molar-refractivity contribution in [3.8, 4) is 0 Å². The van der Waals surface area contributed by atoms with Crippen molar-refractivity contribution in [2.24, 2.45) is 23.2 Å². The van der Waals surface area contributed by atoms with Crippen LogP contribution in [0.4, 0.5) is 0 Å². The monoisotopic (exact) mass is 394 g/mol. The molecule has 0 amide bonds. The minimum absolute atomic E-state index is 0.0108. The van der Waals surface area contributed by atoms with Crippen molar-refractivity contribution >= 4 is 14.1 Å². The topological polar surface area (TPSA) is 26.3 Å². The maximum atomic E-state index is 12.4. The summed E-state index contributed by atoms with van der Waals surface area (Å²) in [7, 11) is -1.54. The Morgan fingerprint density at radius 1 is 1.19 bits per heavy atom. The molecule has 0 bridgehead atoms. The Kier molecular flexibility index (Phi) is 7.81. The quantitative estimate of drug-likeness (QED) is 0.361. The predicted octanol–water partition coefficient (Wildman–Crippen LogP) is 7.38. The van der Waals surface area contributed by atoms with E-state index in [0.29, 0.717) is 11.7 Å². The molecule has 0 unspecified atom stereocenters. The van der Waals surface area contributed by atoms with Crippen LogP contribution in [0.1, 0.15) is 99.8 Å². The third kappa shape index (κ3) is 5.07. The molecule has 2 saturated carbocycles. The highest BCUT2D eigenvalue weighted by molar-refractivity contribution is 6.73. The van der Waals surface area contributed by atoms with Crippen LogP contribution >= 0.6 is 0 Å². The summed E-state index contributed by atoms with van der Waals surface area (Å²) >= 11 is 0. The lowest BCUT2D eigenvalue weighted by molar-refractivity contribution is -0.130. The highest BCUT2D eigenvalue weighted by Gasteiger charge is 2.52. The van der Waals surface area contributed by atoms with Gasteiger partial charge in [0.05, 0.1) is 5.60 Å². The molecule has 0 saturated heterocycles. The molecular formula is C24H46O2Si. The Bertz CT molecular complexity index is 488. The van der Waals surface area contributed by atoms with Gasteiger partial charge in [0.15, 0.2) is 8.32 Å². The normalized spacial score (nSPS) is 30.4. The molecule has 0 aromatic carbocycles. The van der Waals surface area contributed by atoms with E-state index in [0.717, 1.165) is 37.5 Å². The van der Waals surface area contributed by atoms with E-state index in [1.54, 1.807) is 0 Å². The number of fused-ring (bicyclic) bond motifs is 1. The minimum Gasteiger partial charge on any atom is -0.412 e. The van der Waals surface area contributed by atoms with Crippen LogP contribution in [0.25, 0.3) is 0 Å². The molecule has 2 nitrogen and oxygen atoms in total. The number of ketones is 1. The molecule has 158 valence electrons. The maximum Gasteiger partial charge on any atom is 0.192 e. The fraction of sp³-hybridized carbons (Fsp3) is 0.958. The van der Waals surface area contributed by atoms with E-state index in [1.807, 2.05) is 0 Å². The van der Waals surface area contributed by atoms with Crippen molar-refractivity contribution < 1.29 is 9.22 Å². The Hall–Kier alpha value is -0.153. The van der Waals surface area contributed by atoms with E-state index in [9.17, 15) is 4.79 Å². The molecule has 3 heteroatoms. The SMILES string of the molecule is CC[Si](CC)(CC)OC(C)(C)CCC[C@H](C)[C@H]1CC[C@H]2C(=O)CCC[C@]12C. The molecule has 2 fully saturated rings. The van der Waals surface area contributed by atoms with Crippen LogP contribution in [-0.2, 0) is 9.22 Å². The molecule has 2 rings (SSSR count). The fourth-order valence-corrected chi connectivity index (χ4v) is 9.77. The third-order valence-corrected chi connectivity index (χ3v) is 13.3. The van der Waals surface area contributed by atoms with E-state index in [4.69, 9.17) is 4.43 Å². The molecule has 0 radical (unpaired) electrons. The Morgan fingerprint density at radius 2 is 1.81 bits per heavy atom. The zero-order valence-corrected chi connectivity index (χ0v) is 20.3. The summed E-state index contributed by atoms with van der Waals surface area (Å²) in [5, 5.41) is 0. The van der Waals surface area contributed by atoms with Gasteiger partial charge in [-0.2, -0.15) is 0 Å². The molecule has 27 heavy (non-hydrogen) atoms. The number of rotatable bonds is 10. The molecule has 2 aliphatic carbocycles. The summed E-state index contributed by atoms with van der Waals surface area (Å²) in [4.78, 5) is 12.4. The van der Waals surface area contributed by atoms with Crippen molar-refractivity contribution in [3.05, 3.63) is 0 Å². The average Bonchev–Trinajstić information content (AvgIpc) is 2.98. The zero-order chi connectivity index (χ0) is 20.3. The van der Waals surface area contributed by atoms with E-state index in [2.05, 4.69) is 48.5 Å². The van der Waals surface area contributed by atoms with Gasteiger partial charge in [0, 0.05) is 12.3 Å². The number of hydrogen-bond acceptors (Lipinski definition) is 2. The standard InChI is InChI=1S/C24H46O2Si/c1-8-27(9-2,10-3)26-23(5,6)17-11-13-19(4)20-15-16-21-22(25)14-12-18-24(20,21)7/h19-21H,8-18H2,1-7H3/t19-,20+,21-,24+/m0/s1. The van der Waals surface area contributed by atoms with Crippen LogP contribution in [0, 0.1) is 23.2 Å². The van der Waals surface area contributed by atoms with E-state index >= 15 is 0 Å². The van der Waals surface area contributed by atoms with Crippen LogP contribution in [0.2, 0.25) is 18.1 Å². The largest absolute Gasteiger partial charge is 0.412 e. The van der Waals surface area contributed by atoms with Gasteiger partial charge in [-0.1, -0.05) is 47.5 Å². The molecule has 0 spiro atoms. The van der Waals surface area contributed by atoms with Crippen LogP contribution < -0.4 is 0 Å². The molecule has 0 aliphatic heterocycles. The summed E-state index contributed by atoms with van der Waals surface area (Å²) in [5.74, 6) is 2.40. The first-order valence-electron chi connectivity index (χ1n) is 11.9. The average molecular weight is 395 g/mol. The van der Waals surface area contributed by atoms with Crippen molar-refractivity contribution in [3.63, 3.8) is 0 Å². The number of Topliss-reactive ketones (excluding diaryl/α,β-unsaturated/α-hetero) is 1. The summed E-state index contributed by atoms with van der Waals surface area (Å²) < 4.78 is 6.79. The van der Waals surface area contributed by atoms with Crippen LogP contribution in [0.3, 0.4) is 0 Å². The summed E-state index contributed by atoms with van der Waals surface area (Å²) in [6, 6.07) is 3.70. The van der Waals surface area contributed by atoms with Gasteiger partial charge in [-0.25, -0.2) is 0 Å². The van der Waals surface area contributed by atoms with Gasteiger partial charge in [-0.05, 0) is 81.3 Å². The first-order valence-corrected chi connectivity index (χ1v) is 14.4. The second-order valence-electron chi connectivity index (χ2n) is 10.5. The van der Waals surface area contributed by atoms with Crippen LogP contribution in [0.5, 0.6) is 0 Å². The Labute approximate surface area is 170 Å². The van der Waals surface area contributed by atoms with Gasteiger partial charge < -0.3 is 4.43 Å². The maximum absolute atomic E-state index is 12.4. The smallest absolute Gasteiger partial charge is 0.192 e. The number of hydrogen-bond donors (Lipinski definition) is 0. The number of carbonyl (C=O) groups excluding carboxylic acids is 1. The summed E-state index contributed by atoms with van der Waals surface area (Å²) in [6.45, 7) is 16.5. The summed E-state index contributed by atoms with van der Waals surface area (Å²) in [5.41, 5.74) is 0.298. The minimum atomic E-state index is -1.54. The second kappa shape index (κ2) is 9.11. The highest BCUT2D eigenvalue weighted by Crippen LogP contribution is 2.57.